The highest BCUT2D eigenvalue weighted by Crippen LogP contribution is 2.55. The van der Waals surface area contributed by atoms with Crippen LogP contribution in [0.2, 0.25) is 0 Å². The van der Waals surface area contributed by atoms with E-state index in [0.29, 0.717) is 11.8 Å². The molecule has 0 radical (unpaired) electrons. The number of methoxy groups -OCH3 is 1. The van der Waals surface area contributed by atoms with Gasteiger partial charge in [-0.15, -0.1) is 0 Å². The number of hydrogen-bond acceptors (Lipinski definition) is 4. The molecule has 4 nitrogen and oxygen atoms in total. The number of fused-ring (bicyclic) bond motifs is 1. The predicted octanol–water partition coefficient (Wildman–Crippen LogP) is 4.49. The van der Waals surface area contributed by atoms with E-state index in [9.17, 15) is 5.11 Å². The SMILES string of the molecule is COc1ccccc1Nc1cc2c(cc1O)[C@@]13CCCC[C@H]1[C@@H](C2)NCC3. The smallest absolute Gasteiger partial charge is 0.142 e. The summed E-state index contributed by atoms with van der Waals surface area (Å²) in [5.74, 6) is 1.84. The summed E-state index contributed by atoms with van der Waals surface area (Å²) in [6, 6.07) is 12.6. The molecule has 0 amide bonds. The van der Waals surface area contributed by atoms with Gasteiger partial charge in [-0.3, -0.25) is 0 Å². The van der Waals surface area contributed by atoms with Crippen molar-refractivity contribution in [1.82, 2.24) is 5.32 Å². The molecule has 1 saturated carbocycles. The van der Waals surface area contributed by atoms with E-state index >= 15 is 0 Å². The number of hydrogen-bond donors (Lipinski definition) is 3. The van der Waals surface area contributed by atoms with Crippen LogP contribution in [0.4, 0.5) is 11.4 Å². The maximum absolute atomic E-state index is 10.9. The van der Waals surface area contributed by atoms with Crippen molar-refractivity contribution in [3.8, 4) is 11.5 Å². The fraction of sp³-hybridized carbons (Fsp3) is 0.478. The number of para-hydroxylation sites is 2. The van der Waals surface area contributed by atoms with Crippen LogP contribution < -0.4 is 15.4 Å². The quantitative estimate of drug-likeness (QED) is 0.703. The van der Waals surface area contributed by atoms with Crippen molar-refractivity contribution in [3.05, 3.63) is 47.5 Å². The van der Waals surface area contributed by atoms with E-state index in [1.165, 1.54) is 43.2 Å². The molecule has 4 heteroatoms. The van der Waals surface area contributed by atoms with Gasteiger partial charge in [-0.25, -0.2) is 0 Å². The van der Waals surface area contributed by atoms with Gasteiger partial charge in [-0.2, -0.15) is 0 Å². The monoisotopic (exact) mass is 364 g/mol. The molecule has 2 bridgehead atoms. The van der Waals surface area contributed by atoms with Gasteiger partial charge in [0.2, 0.25) is 0 Å². The Bertz CT molecular complexity index is 861. The van der Waals surface area contributed by atoms with Gasteiger partial charge in [-0.1, -0.05) is 25.0 Å². The molecule has 27 heavy (non-hydrogen) atoms. The third-order valence-corrected chi connectivity index (χ3v) is 7.14. The third kappa shape index (κ3) is 2.61. The Morgan fingerprint density at radius 2 is 2.04 bits per heavy atom. The van der Waals surface area contributed by atoms with E-state index in [1.54, 1.807) is 7.11 Å². The summed E-state index contributed by atoms with van der Waals surface area (Å²) >= 11 is 0. The molecule has 1 heterocycles. The van der Waals surface area contributed by atoms with Gasteiger partial charge in [-0.05, 0) is 73.5 Å². The van der Waals surface area contributed by atoms with Crippen LogP contribution in [0.1, 0.15) is 43.2 Å². The topological polar surface area (TPSA) is 53.5 Å². The number of ether oxygens (including phenoxy) is 1. The molecule has 142 valence electrons. The fourth-order valence-corrected chi connectivity index (χ4v) is 5.96. The van der Waals surface area contributed by atoms with Crippen LogP contribution in [0.5, 0.6) is 11.5 Å². The molecule has 0 unspecified atom stereocenters. The molecule has 3 aliphatic rings. The standard InChI is InChI=1S/C23H28N2O2/c1-27-22-8-3-2-7-18(22)25-20-13-15-12-19-16-6-4-5-9-23(16,10-11-24-19)17(15)14-21(20)26/h2-3,7-8,13-14,16,19,24-26H,4-6,9-12H2,1H3/t16-,19+,23+/m0/s1. The summed E-state index contributed by atoms with van der Waals surface area (Å²) in [6.07, 6.45) is 7.49. The molecule has 0 aromatic heterocycles. The zero-order valence-corrected chi connectivity index (χ0v) is 15.9. The van der Waals surface area contributed by atoms with Crippen molar-refractivity contribution >= 4 is 11.4 Å². The van der Waals surface area contributed by atoms with Crippen molar-refractivity contribution < 1.29 is 9.84 Å². The number of phenolic OH excluding ortho intramolecular Hbond substituents is 1. The van der Waals surface area contributed by atoms with Crippen LogP contribution in [-0.4, -0.2) is 24.8 Å². The number of phenols is 1. The molecule has 3 N–H and O–H groups in total. The molecular formula is C23H28N2O2. The summed E-state index contributed by atoms with van der Waals surface area (Å²) in [5, 5.41) is 18.0. The predicted molar refractivity (Wildman–Crippen MR) is 108 cm³/mol. The largest absolute Gasteiger partial charge is 0.506 e. The average molecular weight is 364 g/mol. The van der Waals surface area contributed by atoms with Crippen LogP contribution in [0, 0.1) is 5.92 Å². The second-order valence-electron chi connectivity index (χ2n) is 8.37. The van der Waals surface area contributed by atoms with E-state index < -0.39 is 0 Å². The molecule has 5 rings (SSSR count). The van der Waals surface area contributed by atoms with E-state index in [0.717, 1.165) is 36.0 Å². The van der Waals surface area contributed by atoms with Gasteiger partial charge >= 0.3 is 0 Å². The first-order valence-electron chi connectivity index (χ1n) is 10.2. The van der Waals surface area contributed by atoms with Crippen LogP contribution >= 0.6 is 0 Å². The van der Waals surface area contributed by atoms with E-state index in [2.05, 4.69) is 22.8 Å². The Morgan fingerprint density at radius 1 is 1.15 bits per heavy atom. The number of rotatable bonds is 3. The lowest BCUT2D eigenvalue weighted by Gasteiger charge is -2.56. The molecule has 2 fully saturated rings. The van der Waals surface area contributed by atoms with Crippen LogP contribution in [-0.2, 0) is 11.8 Å². The van der Waals surface area contributed by atoms with Crippen LogP contribution in [0.15, 0.2) is 36.4 Å². The summed E-state index contributed by atoms with van der Waals surface area (Å²) in [4.78, 5) is 0. The highest BCUT2D eigenvalue weighted by molar-refractivity contribution is 5.72. The van der Waals surface area contributed by atoms with Crippen molar-refractivity contribution in [2.75, 3.05) is 19.0 Å². The van der Waals surface area contributed by atoms with E-state index in [4.69, 9.17) is 4.74 Å². The third-order valence-electron chi connectivity index (χ3n) is 7.14. The second kappa shape index (κ2) is 6.45. The van der Waals surface area contributed by atoms with Crippen LogP contribution in [0.25, 0.3) is 0 Å². The van der Waals surface area contributed by atoms with Gasteiger partial charge in [0, 0.05) is 11.5 Å². The highest BCUT2D eigenvalue weighted by atomic mass is 16.5. The van der Waals surface area contributed by atoms with Crippen molar-refractivity contribution in [1.29, 1.82) is 0 Å². The van der Waals surface area contributed by atoms with Gasteiger partial charge in [0.1, 0.15) is 11.5 Å². The van der Waals surface area contributed by atoms with E-state index in [1.807, 2.05) is 24.3 Å². The van der Waals surface area contributed by atoms with Gasteiger partial charge in [0.05, 0.1) is 18.5 Å². The molecule has 2 aliphatic carbocycles. The second-order valence-corrected chi connectivity index (χ2v) is 8.37. The number of nitrogens with one attached hydrogen (secondary N) is 2. The molecule has 2 aromatic carbocycles. The summed E-state index contributed by atoms with van der Waals surface area (Å²) in [5.41, 5.74) is 4.70. The first-order valence-corrected chi connectivity index (χ1v) is 10.2. The molecular weight excluding hydrogens is 336 g/mol. The Balaban J connectivity index is 1.56. The summed E-state index contributed by atoms with van der Waals surface area (Å²) < 4.78 is 5.45. The first kappa shape index (κ1) is 16.9. The fourth-order valence-electron chi connectivity index (χ4n) is 5.96. The lowest BCUT2D eigenvalue weighted by molar-refractivity contribution is 0.0796. The maximum atomic E-state index is 10.9. The maximum Gasteiger partial charge on any atom is 0.142 e. The van der Waals surface area contributed by atoms with Crippen molar-refractivity contribution in [2.45, 2.75) is 50.0 Å². The van der Waals surface area contributed by atoms with Crippen molar-refractivity contribution in [3.63, 3.8) is 0 Å². The Kier molecular flexibility index (Phi) is 4.05. The minimum atomic E-state index is 0.266. The molecule has 3 atom stereocenters. The van der Waals surface area contributed by atoms with E-state index in [-0.39, 0.29) is 5.41 Å². The lowest BCUT2D eigenvalue weighted by Crippen LogP contribution is -2.59. The van der Waals surface area contributed by atoms with Gasteiger partial charge in [0.25, 0.3) is 0 Å². The van der Waals surface area contributed by atoms with Crippen LogP contribution in [0.3, 0.4) is 0 Å². The molecule has 2 aromatic rings. The molecule has 0 spiro atoms. The van der Waals surface area contributed by atoms with Gasteiger partial charge < -0.3 is 20.5 Å². The molecule has 1 aliphatic heterocycles. The zero-order valence-electron chi connectivity index (χ0n) is 15.9. The van der Waals surface area contributed by atoms with Crippen molar-refractivity contribution in [2.24, 2.45) is 5.92 Å². The normalized spacial score (nSPS) is 28.8. The first-order chi connectivity index (χ1) is 13.2. The number of piperidine rings is 1. The lowest BCUT2D eigenvalue weighted by atomic mass is 9.53. The summed E-state index contributed by atoms with van der Waals surface area (Å²) in [6.45, 7) is 1.10. The summed E-state index contributed by atoms with van der Waals surface area (Å²) in [7, 11) is 1.67. The number of aromatic hydroxyl groups is 1. The number of anilines is 2. The Labute approximate surface area is 160 Å². The Morgan fingerprint density at radius 3 is 2.93 bits per heavy atom. The highest BCUT2D eigenvalue weighted by Gasteiger charge is 2.51. The average Bonchev–Trinajstić information content (AvgIpc) is 2.70. The zero-order chi connectivity index (χ0) is 18.4. The van der Waals surface area contributed by atoms with Gasteiger partial charge in [0.15, 0.2) is 0 Å². The minimum Gasteiger partial charge on any atom is -0.506 e. The minimum absolute atomic E-state index is 0.266. The molecule has 1 saturated heterocycles. The number of benzene rings is 2. The Hall–Kier alpha value is -2.20.